The normalized spacial score (nSPS) is 10.2. The number of hydrogen-bond donors (Lipinski definition) is 0. The lowest BCUT2D eigenvalue weighted by molar-refractivity contribution is 0.0531. The topological polar surface area (TPSA) is 52.1 Å². The Morgan fingerprint density at radius 1 is 1.41 bits per heavy atom. The number of esters is 1. The molecule has 0 amide bonds. The molecule has 0 aliphatic heterocycles. The van der Waals surface area contributed by atoms with Gasteiger partial charge in [-0.2, -0.15) is 0 Å². The maximum Gasteiger partial charge on any atom is 0.350 e. The number of thiazole rings is 1. The number of rotatable bonds is 3. The number of nitrogens with zero attached hydrogens (tertiary/aromatic N) is 2. The van der Waals surface area contributed by atoms with E-state index in [2.05, 4.69) is 9.97 Å². The molecular formula is C12H12N2O2S. The highest BCUT2D eigenvalue weighted by Gasteiger charge is 2.16. The van der Waals surface area contributed by atoms with E-state index in [1.54, 1.807) is 19.3 Å². The number of hydrogen-bond acceptors (Lipinski definition) is 5. The van der Waals surface area contributed by atoms with Crippen LogP contribution in [-0.4, -0.2) is 22.5 Å². The van der Waals surface area contributed by atoms with Crippen LogP contribution < -0.4 is 0 Å². The molecule has 17 heavy (non-hydrogen) atoms. The Kier molecular flexibility index (Phi) is 3.49. The molecule has 5 heteroatoms. The van der Waals surface area contributed by atoms with Crippen molar-refractivity contribution in [1.29, 1.82) is 0 Å². The molecule has 0 atom stereocenters. The van der Waals surface area contributed by atoms with Gasteiger partial charge in [0.25, 0.3) is 0 Å². The second kappa shape index (κ2) is 5.05. The molecule has 0 saturated heterocycles. The first-order valence-electron chi connectivity index (χ1n) is 5.27. The van der Waals surface area contributed by atoms with Gasteiger partial charge in [-0.25, -0.2) is 9.78 Å². The van der Waals surface area contributed by atoms with E-state index < -0.39 is 0 Å². The van der Waals surface area contributed by atoms with Crippen LogP contribution in [0.15, 0.2) is 24.5 Å². The van der Waals surface area contributed by atoms with Crippen LogP contribution in [0.5, 0.6) is 0 Å². The van der Waals surface area contributed by atoms with Crippen molar-refractivity contribution in [3.8, 4) is 10.6 Å². The maximum absolute atomic E-state index is 11.6. The van der Waals surface area contributed by atoms with E-state index in [-0.39, 0.29) is 5.97 Å². The molecule has 0 aromatic carbocycles. The van der Waals surface area contributed by atoms with Crippen molar-refractivity contribution < 1.29 is 9.53 Å². The van der Waals surface area contributed by atoms with Gasteiger partial charge in [0.2, 0.25) is 0 Å². The van der Waals surface area contributed by atoms with Crippen LogP contribution in [0, 0.1) is 6.92 Å². The van der Waals surface area contributed by atoms with E-state index in [1.165, 1.54) is 11.3 Å². The molecular weight excluding hydrogens is 236 g/mol. The van der Waals surface area contributed by atoms with Crippen LogP contribution in [0.4, 0.5) is 0 Å². The number of carbonyl (C=O) groups is 1. The third-order valence-electron chi connectivity index (χ3n) is 2.18. The molecule has 0 N–H and O–H groups in total. The van der Waals surface area contributed by atoms with Gasteiger partial charge in [0, 0.05) is 18.0 Å². The van der Waals surface area contributed by atoms with Crippen LogP contribution in [0.1, 0.15) is 22.3 Å². The van der Waals surface area contributed by atoms with Crippen molar-refractivity contribution in [1.82, 2.24) is 9.97 Å². The zero-order chi connectivity index (χ0) is 12.3. The van der Waals surface area contributed by atoms with Gasteiger partial charge in [0.05, 0.1) is 12.3 Å². The van der Waals surface area contributed by atoms with Crippen LogP contribution in [0.3, 0.4) is 0 Å². The zero-order valence-corrected chi connectivity index (χ0v) is 10.5. The summed E-state index contributed by atoms with van der Waals surface area (Å²) in [4.78, 5) is 20.5. The maximum atomic E-state index is 11.6. The summed E-state index contributed by atoms with van der Waals surface area (Å²) < 4.78 is 4.98. The van der Waals surface area contributed by atoms with Crippen LogP contribution >= 0.6 is 11.3 Å². The molecule has 88 valence electrons. The third kappa shape index (κ3) is 2.50. The fourth-order valence-corrected chi connectivity index (χ4v) is 2.37. The molecule has 0 saturated carbocycles. The van der Waals surface area contributed by atoms with Crippen molar-refractivity contribution in [2.45, 2.75) is 13.8 Å². The predicted molar refractivity (Wildman–Crippen MR) is 66.0 cm³/mol. The summed E-state index contributed by atoms with van der Waals surface area (Å²) in [6.45, 7) is 3.98. The summed E-state index contributed by atoms with van der Waals surface area (Å²) in [5.74, 6) is -0.303. The number of aryl methyl sites for hydroxylation is 1. The lowest BCUT2D eigenvalue weighted by Gasteiger charge is -1.97. The summed E-state index contributed by atoms with van der Waals surface area (Å²) in [7, 11) is 0. The third-order valence-corrected chi connectivity index (χ3v) is 3.37. The first-order chi connectivity index (χ1) is 8.22. The molecule has 0 bridgehead atoms. The standard InChI is InChI=1S/C12H12N2O2S/c1-3-16-12(15)10-8(2)14-11(17-10)9-4-6-13-7-5-9/h4-7H,3H2,1-2H3. The van der Waals surface area contributed by atoms with Crippen molar-refractivity contribution in [2.75, 3.05) is 6.61 Å². The fourth-order valence-electron chi connectivity index (χ4n) is 1.40. The summed E-state index contributed by atoms with van der Waals surface area (Å²) in [5, 5.41) is 0.813. The van der Waals surface area contributed by atoms with Gasteiger partial charge in [-0.05, 0) is 26.0 Å². The van der Waals surface area contributed by atoms with Crippen molar-refractivity contribution in [3.63, 3.8) is 0 Å². The Morgan fingerprint density at radius 3 is 2.76 bits per heavy atom. The van der Waals surface area contributed by atoms with Crippen LogP contribution in [0.2, 0.25) is 0 Å². The lowest BCUT2D eigenvalue weighted by atomic mass is 10.3. The Bertz CT molecular complexity index is 523. The molecule has 2 aromatic rings. The van der Waals surface area contributed by atoms with Gasteiger partial charge in [-0.15, -0.1) is 11.3 Å². The monoisotopic (exact) mass is 248 g/mol. The van der Waals surface area contributed by atoms with Crippen LogP contribution in [0.25, 0.3) is 10.6 Å². The van der Waals surface area contributed by atoms with E-state index in [4.69, 9.17) is 4.74 Å². The average Bonchev–Trinajstić information content (AvgIpc) is 2.73. The minimum absolute atomic E-state index is 0.303. The Hall–Kier alpha value is -1.75. The van der Waals surface area contributed by atoms with Gasteiger partial charge in [-0.1, -0.05) is 0 Å². The molecule has 0 spiro atoms. The quantitative estimate of drug-likeness (QED) is 0.784. The predicted octanol–water partition coefficient (Wildman–Crippen LogP) is 2.69. The summed E-state index contributed by atoms with van der Waals surface area (Å²) in [6.07, 6.45) is 3.41. The number of pyridine rings is 1. The number of carbonyl (C=O) groups excluding carboxylic acids is 1. The Morgan fingerprint density at radius 2 is 2.12 bits per heavy atom. The van der Waals surface area contributed by atoms with Crippen molar-refractivity contribution in [3.05, 3.63) is 35.1 Å². The molecule has 2 heterocycles. The Balaban J connectivity index is 2.34. The van der Waals surface area contributed by atoms with E-state index in [0.29, 0.717) is 17.2 Å². The van der Waals surface area contributed by atoms with Crippen LogP contribution in [-0.2, 0) is 4.74 Å². The molecule has 0 aliphatic carbocycles. The zero-order valence-electron chi connectivity index (χ0n) is 9.64. The molecule has 0 fully saturated rings. The Labute approximate surface area is 103 Å². The minimum atomic E-state index is -0.303. The van der Waals surface area contributed by atoms with Gasteiger partial charge >= 0.3 is 5.97 Å². The average molecular weight is 248 g/mol. The van der Waals surface area contributed by atoms with E-state index in [0.717, 1.165) is 10.6 Å². The highest BCUT2D eigenvalue weighted by atomic mass is 32.1. The van der Waals surface area contributed by atoms with Crippen molar-refractivity contribution in [2.24, 2.45) is 0 Å². The van der Waals surface area contributed by atoms with Crippen molar-refractivity contribution >= 4 is 17.3 Å². The second-order valence-corrected chi connectivity index (χ2v) is 4.39. The highest BCUT2D eigenvalue weighted by Crippen LogP contribution is 2.27. The fraction of sp³-hybridized carbons (Fsp3) is 0.250. The first kappa shape index (κ1) is 11.7. The molecule has 4 nitrogen and oxygen atoms in total. The SMILES string of the molecule is CCOC(=O)c1sc(-c2ccncc2)nc1C. The van der Waals surface area contributed by atoms with Gasteiger partial charge in [0.1, 0.15) is 9.88 Å². The van der Waals surface area contributed by atoms with Gasteiger partial charge in [0.15, 0.2) is 0 Å². The van der Waals surface area contributed by atoms with E-state index >= 15 is 0 Å². The first-order valence-corrected chi connectivity index (χ1v) is 6.09. The smallest absolute Gasteiger partial charge is 0.350 e. The summed E-state index contributed by atoms with van der Waals surface area (Å²) in [5.41, 5.74) is 1.67. The van der Waals surface area contributed by atoms with Gasteiger partial charge in [-0.3, -0.25) is 4.98 Å². The van der Waals surface area contributed by atoms with E-state index in [9.17, 15) is 4.79 Å². The minimum Gasteiger partial charge on any atom is -0.462 e. The number of ether oxygens (including phenoxy) is 1. The summed E-state index contributed by atoms with van der Waals surface area (Å²) >= 11 is 1.35. The lowest BCUT2D eigenvalue weighted by Crippen LogP contribution is -2.03. The largest absolute Gasteiger partial charge is 0.462 e. The second-order valence-electron chi connectivity index (χ2n) is 3.39. The molecule has 0 aliphatic rings. The van der Waals surface area contributed by atoms with E-state index in [1.807, 2.05) is 19.1 Å². The highest BCUT2D eigenvalue weighted by molar-refractivity contribution is 7.17. The molecule has 0 radical (unpaired) electrons. The van der Waals surface area contributed by atoms with Gasteiger partial charge < -0.3 is 4.74 Å². The number of aromatic nitrogens is 2. The summed E-state index contributed by atoms with van der Waals surface area (Å²) in [6, 6.07) is 3.74. The molecule has 2 aromatic heterocycles. The molecule has 2 rings (SSSR count). The molecule has 0 unspecified atom stereocenters.